The largest absolute Gasteiger partial charge is 0.293 e. The van der Waals surface area contributed by atoms with E-state index in [2.05, 4.69) is 30.6 Å². The molecule has 9 nitrogen and oxygen atoms in total. The van der Waals surface area contributed by atoms with Crippen LogP contribution in [0.3, 0.4) is 0 Å². The fourth-order valence-electron chi connectivity index (χ4n) is 3.70. The number of H-pyrrole nitrogens is 1. The van der Waals surface area contributed by atoms with E-state index in [1.54, 1.807) is 6.20 Å². The highest BCUT2D eigenvalue weighted by Gasteiger charge is 2.16. The number of amides is 1. The number of aryl methyl sites for hydroxylation is 2. The second-order valence-corrected chi connectivity index (χ2v) is 7.28. The lowest BCUT2D eigenvalue weighted by Crippen LogP contribution is -2.15. The molecule has 5 rings (SSSR count). The summed E-state index contributed by atoms with van der Waals surface area (Å²) in [4.78, 5) is 25.8. The van der Waals surface area contributed by atoms with Crippen molar-refractivity contribution in [1.29, 1.82) is 0 Å². The number of pyridine rings is 1. The van der Waals surface area contributed by atoms with E-state index in [0.29, 0.717) is 17.9 Å². The standard InChI is InChI=1S/C22H20N8O/c1-13-15(14(2)30-21(24-13)16-7-3-4-8-17(16)29-30)10-11-19(31)25-22-26-20(27-28-22)18-9-5-6-12-23-18/h3-9,12H,10-11H2,1-2H3,(H2,25,26,27,28,31). The molecule has 0 saturated heterocycles. The van der Waals surface area contributed by atoms with Crippen LogP contribution in [0.25, 0.3) is 28.1 Å². The SMILES string of the molecule is Cc1nc2c3ccccc3nn2c(C)c1CCC(=O)Nc1n[nH]c(-c2ccccn2)n1. The minimum atomic E-state index is -0.170. The van der Waals surface area contributed by atoms with Crippen molar-refractivity contribution in [2.45, 2.75) is 26.7 Å². The zero-order valence-electron chi connectivity index (χ0n) is 17.1. The molecular weight excluding hydrogens is 392 g/mol. The molecule has 0 bridgehead atoms. The summed E-state index contributed by atoms with van der Waals surface area (Å²) < 4.78 is 1.86. The first-order valence-electron chi connectivity index (χ1n) is 9.97. The van der Waals surface area contributed by atoms with Crippen molar-refractivity contribution in [3.8, 4) is 11.5 Å². The Labute approximate surface area is 177 Å². The number of fused-ring (bicyclic) bond motifs is 3. The Morgan fingerprint density at radius 1 is 1.10 bits per heavy atom. The number of nitrogens with one attached hydrogen (secondary N) is 2. The summed E-state index contributed by atoms with van der Waals surface area (Å²) in [5.74, 6) is 0.560. The molecule has 4 aromatic heterocycles. The van der Waals surface area contributed by atoms with Gasteiger partial charge in [0.1, 0.15) is 5.69 Å². The summed E-state index contributed by atoms with van der Waals surface area (Å²) in [7, 11) is 0. The highest BCUT2D eigenvalue weighted by molar-refractivity contribution is 5.92. The van der Waals surface area contributed by atoms with Gasteiger partial charge in [0.15, 0.2) is 11.5 Å². The van der Waals surface area contributed by atoms with Crippen LogP contribution in [0.15, 0.2) is 48.7 Å². The van der Waals surface area contributed by atoms with Crippen molar-refractivity contribution >= 4 is 28.4 Å². The molecule has 9 heteroatoms. The topological polar surface area (TPSA) is 114 Å². The second kappa shape index (κ2) is 7.60. The van der Waals surface area contributed by atoms with Crippen molar-refractivity contribution in [3.63, 3.8) is 0 Å². The molecule has 31 heavy (non-hydrogen) atoms. The third-order valence-electron chi connectivity index (χ3n) is 5.26. The van der Waals surface area contributed by atoms with Crippen molar-refractivity contribution in [1.82, 2.24) is 34.8 Å². The average Bonchev–Trinajstić information content (AvgIpc) is 3.39. The number of hydrogen-bond acceptors (Lipinski definition) is 6. The number of hydrogen-bond donors (Lipinski definition) is 2. The minimum absolute atomic E-state index is 0.170. The Hall–Kier alpha value is -4.14. The fraction of sp³-hybridized carbons (Fsp3) is 0.182. The third kappa shape index (κ3) is 3.50. The zero-order valence-corrected chi connectivity index (χ0v) is 17.1. The molecule has 0 spiro atoms. The van der Waals surface area contributed by atoms with Crippen molar-refractivity contribution < 1.29 is 4.79 Å². The summed E-state index contributed by atoms with van der Waals surface area (Å²) >= 11 is 0. The molecular formula is C22H20N8O. The van der Waals surface area contributed by atoms with Crippen LogP contribution in [0, 0.1) is 13.8 Å². The average molecular weight is 412 g/mol. The molecule has 0 fully saturated rings. The summed E-state index contributed by atoms with van der Waals surface area (Å²) in [6.07, 6.45) is 2.50. The fourth-order valence-corrected chi connectivity index (χ4v) is 3.70. The Morgan fingerprint density at radius 2 is 1.94 bits per heavy atom. The molecule has 0 unspecified atom stereocenters. The van der Waals surface area contributed by atoms with Crippen molar-refractivity contribution in [2.75, 3.05) is 5.32 Å². The van der Waals surface area contributed by atoms with Crippen LogP contribution < -0.4 is 5.32 Å². The van der Waals surface area contributed by atoms with Crippen molar-refractivity contribution in [2.24, 2.45) is 0 Å². The first kappa shape index (κ1) is 18.9. The summed E-state index contributed by atoms with van der Waals surface area (Å²) in [5, 5.41) is 15.3. The van der Waals surface area contributed by atoms with Crippen LogP contribution in [0.1, 0.15) is 23.4 Å². The highest BCUT2D eigenvalue weighted by atomic mass is 16.1. The van der Waals surface area contributed by atoms with E-state index in [9.17, 15) is 4.79 Å². The number of anilines is 1. The Bertz CT molecular complexity index is 1400. The van der Waals surface area contributed by atoms with Gasteiger partial charge in [-0.3, -0.25) is 20.2 Å². The van der Waals surface area contributed by atoms with E-state index in [0.717, 1.165) is 33.5 Å². The van der Waals surface area contributed by atoms with Gasteiger partial charge >= 0.3 is 0 Å². The van der Waals surface area contributed by atoms with Gasteiger partial charge in [0.2, 0.25) is 11.9 Å². The first-order valence-corrected chi connectivity index (χ1v) is 9.97. The number of rotatable bonds is 5. The molecule has 5 aromatic rings. The third-order valence-corrected chi connectivity index (χ3v) is 5.26. The second-order valence-electron chi connectivity index (χ2n) is 7.28. The van der Waals surface area contributed by atoms with Crippen LogP contribution in [0.2, 0.25) is 0 Å². The highest BCUT2D eigenvalue weighted by Crippen LogP contribution is 2.23. The normalized spacial score (nSPS) is 11.3. The first-order chi connectivity index (χ1) is 15.1. The maximum absolute atomic E-state index is 12.5. The quantitative estimate of drug-likeness (QED) is 0.458. The predicted octanol–water partition coefficient (Wildman–Crippen LogP) is 3.25. The number of carbonyl (C=O) groups excluding carboxylic acids is 1. The lowest BCUT2D eigenvalue weighted by atomic mass is 10.1. The van der Waals surface area contributed by atoms with Gasteiger partial charge in [0.25, 0.3) is 0 Å². The van der Waals surface area contributed by atoms with E-state index >= 15 is 0 Å². The maximum Gasteiger partial charge on any atom is 0.249 e. The Kier molecular flexibility index (Phi) is 4.62. The Morgan fingerprint density at radius 3 is 2.77 bits per heavy atom. The minimum Gasteiger partial charge on any atom is -0.293 e. The number of aromatic amines is 1. The van der Waals surface area contributed by atoms with Crippen LogP contribution in [-0.2, 0) is 11.2 Å². The molecule has 154 valence electrons. The molecule has 2 N–H and O–H groups in total. The van der Waals surface area contributed by atoms with Gasteiger partial charge in [0.05, 0.1) is 5.52 Å². The molecule has 0 aliphatic carbocycles. The van der Waals surface area contributed by atoms with Crippen LogP contribution in [0.4, 0.5) is 5.95 Å². The molecule has 0 atom stereocenters. The van der Waals surface area contributed by atoms with Crippen LogP contribution in [-0.4, -0.2) is 40.7 Å². The summed E-state index contributed by atoms with van der Waals surface area (Å²) in [6.45, 7) is 3.98. The van der Waals surface area contributed by atoms with Gasteiger partial charge in [-0.15, -0.1) is 5.10 Å². The number of benzene rings is 1. The molecule has 1 amide bonds. The van der Waals surface area contributed by atoms with Gasteiger partial charge in [-0.2, -0.15) is 10.1 Å². The van der Waals surface area contributed by atoms with E-state index in [4.69, 9.17) is 4.98 Å². The molecule has 0 radical (unpaired) electrons. The lowest BCUT2D eigenvalue weighted by molar-refractivity contribution is -0.116. The Balaban J connectivity index is 1.32. The van der Waals surface area contributed by atoms with E-state index in [1.165, 1.54) is 0 Å². The van der Waals surface area contributed by atoms with Gasteiger partial charge in [-0.25, -0.2) is 9.50 Å². The smallest absolute Gasteiger partial charge is 0.249 e. The molecule has 0 saturated carbocycles. The van der Waals surface area contributed by atoms with Crippen LogP contribution >= 0.6 is 0 Å². The number of carbonyl (C=O) groups is 1. The molecule has 1 aromatic carbocycles. The monoisotopic (exact) mass is 412 g/mol. The zero-order chi connectivity index (χ0) is 21.4. The van der Waals surface area contributed by atoms with Gasteiger partial charge in [-0.1, -0.05) is 18.2 Å². The number of aromatic nitrogens is 7. The van der Waals surface area contributed by atoms with Crippen LogP contribution in [0.5, 0.6) is 0 Å². The van der Waals surface area contributed by atoms with Gasteiger partial charge in [0, 0.05) is 29.4 Å². The van der Waals surface area contributed by atoms with E-state index in [-0.39, 0.29) is 18.3 Å². The lowest BCUT2D eigenvalue weighted by Gasteiger charge is -2.10. The molecule has 4 heterocycles. The predicted molar refractivity (Wildman–Crippen MR) is 117 cm³/mol. The van der Waals surface area contributed by atoms with E-state index < -0.39 is 0 Å². The maximum atomic E-state index is 12.5. The molecule has 0 aliphatic rings. The molecule has 0 aliphatic heterocycles. The van der Waals surface area contributed by atoms with E-state index in [1.807, 2.05) is 60.8 Å². The summed E-state index contributed by atoms with van der Waals surface area (Å²) in [6, 6.07) is 13.4. The van der Waals surface area contributed by atoms with Gasteiger partial charge < -0.3 is 0 Å². The van der Waals surface area contributed by atoms with Gasteiger partial charge in [-0.05, 0) is 50.1 Å². The summed E-state index contributed by atoms with van der Waals surface area (Å²) in [5.41, 5.74) is 5.30. The number of nitrogens with zero attached hydrogens (tertiary/aromatic N) is 6. The van der Waals surface area contributed by atoms with Crippen molar-refractivity contribution in [3.05, 3.63) is 65.6 Å².